The van der Waals surface area contributed by atoms with Crippen molar-refractivity contribution in [3.63, 3.8) is 0 Å². The van der Waals surface area contributed by atoms with Gasteiger partial charge in [-0.05, 0) is 23.8 Å². The Morgan fingerprint density at radius 3 is 2.62 bits per heavy atom. The van der Waals surface area contributed by atoms with Gasteiger partial charge in [0.05, 0.1) is 18.4 Å². The molecule has 1 aliphatic rings. The number of imide groups is 1. The van der Waals surface area contributed by atoms with Gasteiger partial charge < -0.3 is 4.42 Å². The molecule has 0 N–H and O–H groups in total. The van der Waals surface area contributed by atoms with Crippen molar-refractivity contribution in [1.29, 1.82) is 0 Å². The molecule has 1 atom stereocenters. The Morgan fingerprint density at radius 1 is 1.19 bits per heavy atom. The average molecular weight is 283 g/mol. The second-order valence-electron chi connectivity index (χ2n) is 4.91. The van der Waals surface area contributed by atoms with Gasteiger partial charge in [0.25, 0.3) is 0 Å². The van der Waals surface area contributed by atoms with E-state index >= 15 is 0 Å². The lowest BCUT2D eigenvalue weighted by molar-refractivity contribution is -0.130. The molecule has 0 radical (unpaired) electrons. The smallest absolute Gasteiger partial charge is 0.248 e. The van der Waals surface area contributed by atoms with Crippen molar-refractivity contribution in [2.75, 3.05) is 4.90 Å². The zero-order valence-electron chi connectivity index (χ0n) is 11.4. The second kappa shape index (κ2) is 5.01. The first-order valence-corrected chi connectivity index (χ1v) is 6.58. The van der Waals surface area contributed by atoms with Crippen molar-refractivity contribution in [3.8, 4) is 0 Å². The minimum atomic E-state index is -0.935. The molecule has 3 rings (SSSR count). The molecule has 1 aromatic carbocycles. The summed E-state index contributed by atoms with van der Waals surface area (Å²) in [6, 6.07) is 10.3. The highest BCUT2D eigenvalue weighted by Crippen LogP contribution is 2.38. The molecule has 0 saturated heterocycles. The summed E-state index contributed by atoms with van der Waals surface area (Å²) in [5.41, 5.74) is 1.07. The Kier molecular flexibility index (Phi) is 3.17. The van der Waals surface area contributed by atoms with E-state index in [-0.39, 0.29) is 18.1 Å². The number of para-hydroxylation sites is 1. The summed E-state index contributed by atoms with van der Waals surface area (Å²) in [5.74, 6) is -1.58. The molecule has 1 aliphatic heterocycles. The van der Waals surface area contributed by atoms with Gasteiger partial charge in [-0.1, -0.05) is 18.2 Å². The normalized spacial score (nSPS) is 16.9. The van der Waals surface area contributed by atoms with Crippen molar-refractivity contribution in [3.05, 3.63) is 54.0 Å². The van der Waals surface area contributed by atoms with Crippen LogP contribution in [0.25, 0.3) is 0 Å². The van der Waals surface area contributed by atoms with Crippen LogP contribution in [-0.2, 0) is 20.8 Å². The Hall–Kier alpha value is -2.69. The van der Waals surface area contributed by atoms with Crippen molar-refractivity contribution in [2.45, 2.75) is 19.3 Å². The third-order valence-corrected chi connectivity index (χ3v) is 3.52. The fraction of sp³-hybridized carbons (Fsp3) is 0.188. The maximum atomic E-state index is 12.4. The third kappa shape index (κ3) is 2.16. The summed E-state index contributed by atoms with van der Waals surface area (Å²) in [6.45, 7) is 1.31. The lowest BCUT2D eigenvalue weighted by Crippen LogP contribution is -2.35. The number of anilines is 1. The number of carbonyl (C=O) groups is 3. The molecule has 0 fully saturated rings. The summed E-state index contributed by atoms with van der Waals surface area (Å²) < 4.78 is 5.15. The topological polar surface area (TPSA) is 67.6 Å². The number of fused-ring (bicyclic) bond motifs is 1. The van der Waals surface area contributed by atoms with E-state index in [9.17, 15) is 14.4 Å². The molecule has 2 heterocycles. The molecule has 0 spiro atoms. The number of amides is 2. The highest BCUT2D eigenvalue weighted by Gasteiger charge is 2.43. The molecule has 5 nitrogen and oxygen atoms in total. The number of benzene rings is 1. The molecule has 5 heteroatoms. The number of hydrogen-bond acceptors (Lipinski definition) is 4. The van der Waals surface area contributed by atoms with Gasteiger partial charge in [-0.2, -0.15) is 0 Å². The number of hydrogen-bond donors (Lipinski definition) is 0. The first kappa shape index (κ1) is 13.3. The minimum Gasteiger partial charge on any atom is -0.469 e. The van der Waals surface area contributed by atoms with Crippen LogP contribution in [0, 0.1) is 0 Å². The molecule has 2 aromatic rings. The fourth-order valence-corrected chi connectivity index (χ4v) is 2.64. The molecule has 0 aliphatic carbocycles. The molecule has 21 heavy (non-hydrogen) atoms. The number of furan rings is 1. The van der Waals surface area contributed by atoms with Crippen LogP contribution >= 0.6 is 0 Å². The molecule has 0 saturated carbocycles. The number of nitrogens with zero attached hydrogens (tertiary/aromatic N) is 1. The first-order chi connectivity index (χ1) is 10.1. The van der Waals surface area contributed by atoms with Crippen molar-refractivity contribution in [1.82, 2.24) is 0 Å². The van der Waals surface area contributed by atoms with E-state index in [4.69, 9.17) is 4.42 Å². The van der Waals surface area contributed by atoms with E-state index < -0.39 is 11.8 Å². The molecule has 1 aromatic heterocycles. The van der Waals surface area contributed by atoms with Gasteiger partial charge in [-0.3, -0.25) is 14.4 Å². The fourth-order valence-electron chi connectivity index (χ4n) is 2.64. The third-order valence-electron chi connectivity index (χ3n) is 3.52. The summed E-state index contributed by atoms with van der Waals surface area (Å²) in [6.07, 6.45) is 1.51. The average Bonchev–Trinajstić information content (AvgIpc) is 3.02. The van der Waals surface area contributed by atoms with Gasteiger partial charge in [0.2, 0.25) is 11.8 Å². The van der Waals surface area contributed by atoms with Gasteiger partial charge in [-0.25, -0.2) is 4.90 Å². The Balaban J connectivity index is 1.97. The quantitative estimate of drug-likeness (QED) is 0.809. The van der Waals surface area contributed by atoms with Crippen molar-refractivity contribution in [2.24, 2.45) is 0 Å². The Labute approximate surface area is 121 Å². The monoisotopic (exact) mass is 283 g/mol. The van der Waals surface area contributed by atoms with E-state index in [1.54, 1.807) is 36.4 Å². The van der Waals surface area contributed by atoms with Crippen LogP contribution in [0.15, 0.2) is 47.1 Å². The summed E-state index contributed by atoms with van der Waals surface area (Å²) in [4.78, 5) is 37.6. The molecule has 1 unspecified atom stereocenters. The van der Waals surface area contributed by atoms with Crippen LogP contribution < -0.4 is 4.90 Å². The Morgan fingerprint density at radius 2 is 1.95 bits per heavy atom. The summed E-state index contributed by atoms with van der Waals surface area (Å²) >= 11 is 0. The van der Waals surface area contributed by atoms with E-state index in [1.165, 1.54) is 13.2 Å². The van der Waals surface area contributed by atoms with Crippen LogP contribution in [0.2, 0.25) is 0 Å². The van der Waals surface area contributed by atoms with E-state index in [1.807, 2.05) is 0 Å². The lowest BCUT2D eigenvalue weighted by atomic mass is 9.94. The van der Waals surface area contributed by atoms with Gasteiger partial charge in [0.1, 0.15) is 11.7 Å². The number of rotatable bonds is 3. The maximum Gasteiger partial charge on any atom is 0.248 e. The first-order valence-electron chi connectivity index (χ1n) is 6.58. The van der Waals surface area contributed by atoms with Crippen LogP contribution in [0.3, 0.4) is 0 Å². The number of Topliss-reactive ketones (excluding diaryl/α,β-unsaturated/α-hetero) is 1. The zero-order valence-corrected chi connectivity index (χ0v) is 11.4. The molecule has 2 amide bonds. The van der Waals surface area contributed by atoms with E-state index in [0.717, 1.165) is 4.90 Å². The predicted molar refractivity (Wildman–Crippen MR) is 74.8 cm³/mol. The van der Waals surface area contributed by atoms with E-state index in [2.05, 4.69) is 0 Å². The van der Waals surface area contributed by atoms with Crippen LogP contribution in [0.4, 0.5) is 5.69 Å². The minimum absolute atomic E-state index is 0.0312. The largest absolute Gasteiger partial charge is 0.469 e. The summed E-state index contributed by atoms with van der Waals surface area (Å²) in [7, 11) is 0. The molecule has 0 bridgehead atoms. The number of carbonyl (C=O) groups excluding carboxylic acids is 3. The van der Waals surface area contributed by atoms with Crippen LogP contribution in [-0.4, -0.2) is 17.6 Å². The van der Waals surface area contributed by atoms with Gasteiger partial charge in [-0.15, -0.1) is 0 Å². The van der Waals surface area contributed by atoms with Crippen LogP contribution in [0.5, 0.6) is 0 Å². The van der Waals surface area contributed by atoms with Crippen LogP contribution in [0.1, 0.15) is 24.2 Å². The SMILES string of the molecule is CC(=O)N1C(=O)C(C(=O)Cc2ccco2)c2ccccc21. The van der Waals surface area contributed by atoms with E-state index in [0.29, 0.717) is 17.0 Å². The maximum absolute atomic E-state index is 12.4. The predicted octanol–water partition coefficient (Wildman–Crippen LogP) is 2.07. The van der Waals surface area contributed by atoms with Crippen molar-refractivity contribution < 1.29 is 18.8 Å². The standard InChI is InChI=1S/C16H13NO4/c1-10(18)17-13-7-3-2-6-12(13)15(16(17)20)14(19)9-11-5-4-8-21-11/h2-8,15H,9H2,1H3. The number of ketones is 1. The van der Waals surface area contributed by atoms with Gasteiger partial charge >= 0.3 is 0 Å². The second-order valence-corrected chi connectivity index (χ2v) is 4.91. The molecular formula is C16H13NO4. The van der Waals surface area contributed by atoms with Gasteiger partial charge in [0, 0.05) is 6.92 Å². The van der Waals surface area contributed by atoms with Crippen molar-refractivity contribution >= 4 is 23.3 Å². The molecular weight excluding hydrogens is 270 g/mol. The highest BCUT2D eigenvalue weighted by molar-refractivity contribution is 6.27. The van der Waals surface area contributed by atoms with Gasteiger partial charge in [0.15, 0.2) is 5.78 Å². The zero-order chi connectivity index (χ0) is 15.0. The molecule has 106 valence electrons. The lowest BCUT2D eigenvalue weighted by Gasteiger charge is -2.12. The summed E-state index contributed by atoms with van der Waals surface area (Å²) in [5, 5.41) is 0. The highest BCUT2D eigenvalue weighted by atomic mass is 16.3. The Bertz CT molecular complexity index is 718.